The molecule has 2 unspecified atom stereocenters. The summed E-state index contributed by atoms with van der Waals surface area (Å²) in [6.45, 7) is 14.2. The van der Waals surface area contributed by atoms with Crippen LogP contribution in [0.5, 0.6) is 0 Å². The Labute approximate surface area is 184 Å². The molecule has 1 N–H and O–H groups in total. The monoisotopic (exact) mass is 424 g/mol. The van der Waals surface area contributed by atoms with Crippen molar-refractivity contribution in [3.8, 4) is 0 Å². The van der Waals surface area contributed by atoms with Crippen molar-refractivity contribution in [1.29, 1.82) is 0 Å². The Morgan fingerprint density at radius 2 is 1.80 bits per heavy atom. The first-order valence-electron chi connectivity index (χ1n) is 10.7. The highest BCUT2D eigenvalue weighted by atomic mass is 16.2. The minimum atomic E-state index is -0.0556. The van der Waals surface area contributed by atoms with Gasteiger partial charge in [-0.2, -0.15) is 0 Å². The van der Waals surface area contributed by atoms with Crippen LogP contribution in [-0.2, 0) is 14.4 Å². The third-order valence-electron chi connectivity index (χ3n) is 4.34. The fourth-order valence-electron chi connectivity index (χ4n) is 2.98. The minimum Gasteiger partial charge on any atom is -0.351 e. The summed E-state index contributed by atoms with van der Waals surface area (Å²) in [5.41, 5.74) is 0. The number of aldehydes is 1. The maximum Gasteiger partial charge on any atom is 0.246 e. The Bertz CT molecular complexity index is 523. The first-order valence-corrected chi connectivity index (χ1v) is 10.7. The fourth-order valence-corrected chi connectivity index (χ4v) is 2.98. The van der Waals surface area contributed by atoms with Crippen molar-refractivity contribution in [2.45, 2.75) is 40.2 Å². The number of nitrogens with zero attached hydrogens (tertiary/aromatic N) is 3. The number of hydrogen-bond acceptors (Lipinski definition) is 5. The normalized spacial score (nSPS) is 16.6. The van der Waals surface area contributed by atoms with Crippen molar-refractivity contribution in [2.24, 2.45) is 11.8 Å². The molecule has 2 atom stereocenters. The standard InChI is InChI=1S/C11H18N2O2.C10H20N2O.C2H6/c1-12(2)6-3-4-11(15)13-7-5-10(8-13)9-14;1-6-7-11-10(13)9(8(2)3)12(4)5;1-2/h3-4,9-10H,5-8H2,1-2H3;6,8-9H,1,7H2,2-5H3,(H,11,13);1-2H3/b4-3+;;. The van der Waals surface area contributed by atoms with Crippen molar-refractivity contribution in [2.75, 3.05) is 54.4 Å². The zero-order valence-electron chi connectivity index (χ0n) is 20.4. The lowest BCUT2D eigenvalue weighted by Gasteiger charge is -2.26. The van der Waals surface area contributed by atoms with Crippen LogP contribution in [0.3, 0.4) is 0 Å². The Kier molecular flexibility index (Phi) is 18.0. The molecule has 1 saturated heterocycles. The van der Waals surface area contributed by atoms with Crippen molar-refractivity contribution in [3.05, 3.63) is 24.8 Å². The lowest BCUT2D eigenvalue weighted by Crippen LogP contribution is -2.46. The molecule has 0 spiro atoms. The zero-order valence-corrected chi connectivity index (χ0v) is 20.4. The predicted molar refractivity (Wildman–Crippen MR) is 125 cm³/mol. The number of rotatable bonds is 9. The van der Waals surface area contributed by atoms with Gasteiger partial charge in [0, 0.05) is 38.2 Å². The molecule has 1 rings (SSSR count). The van der Waals surface area contributed by atoms with Crippen LogP contribution in [0.1, 0.15) is 34.1 Å². The lowest BCUT2D eigenvalue weighted by atomic mass is 10.0. The summed E-state index contributed by atoms with van der Waals surface area (Å²) in [6, 6.07) is -0.0556. The van der Waals surface area contributed by atoms with E-state index < -0.39 is 0 Å². The molecule has 7 nitrogen and oxygen atoms in total. The second-order valence-corrected chi connectivity index (χ2v) is 7.82. The minimum absolute atomic E-state index is 0.0150. The third-order valence-corrected chi connectivity index (χ3v) is 4.34. The Balaban J connectivity index is 0. The molecule has 2 amide bonds. The molecule has 0 saturated carbocycles. The van der Waals surface area contributed by atoms with Gasteiger partial charge in [0.1, 0.15) is 6.29 Å². The summed E-state index contributed by atoms with van der Waals surface area (Å²) >= 11 is 0. The second-order valence-electron chi connectivity index (χ2n) is 7.82. The van der Waals surface area contributed by atoms with Crippen molar-refractivity contribution >= 4 is 18.1 Å². The number of likely N-dealkylation sites (N-methyl/N-ethyl adjacent to an activating group) is 2. The number of hydrogen-bond donors (Lipinski definition) is 1. The van der Waals surface area contributed by atoms with E-state index in [0.717, 1.165) is 19.3 Å². The molecule has 1 aliphatic rings. The van der Waals surface area contributed by atoms with Gasteiger partial charge in [0.25, 0.3) is 0 Å². The van der Waals surface area contributed by atoms with Crippen molar-refractivity contribution < 1.29 is 14.4 Å². The highest BCUT2D eigenvalue weighted by molar-refractivity contribution is 5.88. The maximum absolute atomic E-state index is 11.6. The van der Waals surface area contributed by atoms with Gasteiger partial charge in [0.2, 0.25) is 11.8 Å². The summed E-state index contributed by atoms with van der Waals surface area (Å²) in [7, 11) is 7.73. The molecule has 1 heterocycles. The summed E-state index contributed by atoms with van der Waals surface area (Å²) in [5.74, 6) is 0.442. The molecule has 0 aliphatic carbocycles. The van der Waals surface area contributed by atoms with E-state index in [-0.39, 0.29) is 23.8 Å². The van der Waals surface area contributed by atoms with E-state index in [2.05, 4.69) is 11.9 Å². The number of amides is 2. The van der Waals surface area contributed by atoms with E-state index in [9.17, 15) is 14.4 Å². The molecule has 7 heteroatoms. The molecular weight excluding hydrogens is 380 g/mol. The van der Waals surface area contributed by atoms with Crippen molar-refractivity contribution in [1.82, 2.24) is 20.0 Å². The van der Waals surface area contributed by atoms with E-state index in [1.807, 2.05) is 71.8 Å². The largest absolute Gasteiger partial charge is 0.351 e. The SMILES string of the molecule is C=CCNC(=O)C(C(C)C)N(C)C.CC.CN(C)C/C=C/C(=O)N1CCC(C=O)C1. The molecular formula is C23H44N4O3. The average molecular weight is 425 g/mol. The average Bonchev–Trinajstić information content (AvgIpc) is 3.17. The van der Waals surface area contributed by atoms with Gasteiger partial charge in [-0.15, -0.1) is 6.58 Å². The second kappa shape index (κ2) is 17.8. The Morgan fingerprint density at radius 1 is 1.20 bits per heavy atom. The third kappa shape index (κ3) is 13.3. The highest BCUT2D eigenvalue weighted by Crippen LogP contribution is 2.13. The zero-order chi connectivity index (χ0) is 23.7. The number of likely N-dealkylation sites (tertiary alicyclic amines) is 1. The smallest absolute Gasteiger partial charge is 0.246 e. The van der Waals surface area contributed by atoms with Gasteiger partial charge in [0.15, 0.2) is 0 Å². The van der Waals surface area contributed by atoms with Crippen molar-refractivity contribution in [3.63, 3.8) is 0 Å². The quantitative estimate of drug-likeness (QED) is 0.348. The number of carbonyl (C=O) groups excluding carboxylic acids is 3. The molecule has 1 aliphatic heterocycles. The van der Waals surface area contributed by atoms with Crippen LogP contribution in [0, 0.1) is 11.8 Å². The molecule has 0 aromatic carbocycles. The first-order chi connectivity index (χ1) is 14.1. The Hall–Kier alpha value is -1.99. The molecule has 0 bridgehead atoms. The van der Waals surface area contributed by atoms with Gasteiger partial charge in [0.05, 0.1) is 6.04 Å². The number of carbonyl (C=O) groups is 3. The maximum atomic E-state index is 11.6. The van der Waals surface area contributed by atoms with Crippen LogP contribution in [0.25, 0.3) is 0 Å². The van der Waals surface area contributed by atoms with Crippen LogP contribution in [0.2, 0.25) is 0 Å². The van der Waals surface area contributed by atoms with Gasteiger partial charge >= 0.3 is 0 Å². The van der Waals surface area contributed by atoms with E-state index in [1.54, 1.807) is 17.1 Å². The fraction of sp³-hybridized carbons (Fsp3) is 0.696. The van der Waals surface area contributed by atoms with Gasteiger partial charge in [-0.25, -0.2) is 0 Å². The summed E-state index contributed by atoms with van der Waals surface area (Å²) in [5, 5.41) is 2.80. The van der Waals surface area contributed by atoms with Crippen LogP contribution in [0.4, 0.5) is 0 Å². The lowest BCUT2D eigenvalue weighted by molar-refractivity contribution is -0.127. The molecule has 1 fully saturated rings. The molecule has 0 radical (unpaired) electrons. The van der Waals surface area contributed by atoms with E-state index >= 15 is 0 Å². The van der Waals surface area contributed by atoms with Crippen LogP contribution in [0.15, 0.2) is 24.8 Å². The van der Waals surface area contributed by atoms with Crippen LogP contribution >= 0.6 is 0 Å². The number of nitrogens with one attached hydrogen (secondary N) is 1. The van der Waals surface area contributed by atoms with Gasteiger partial charge in [-0.05, 0) is 40.5 Å². The summed E-state index contributed by atoms with van der Waals surface area (Å²) in [4.78, 5) is 39.3. The first kappa shape index (κ1) is 30.2. The molecule has 174 valence electrons. The molecule has 30 heavy (non-hydrogen) atoms. The van der Waals surface area contributed by atoms with Crippen LogP contribution in [-0.4, -0.2) is 93.2 Å². The van der Waals surface area contributed by atoms with E-state index in [4.69, 9.17) is 0 Å². The molecule has 0 aromatic heterocycles. The predicted octanol–water partition coefficient (Wildman–Crippen LogP) is 2.05. The summed E-state index contributed by atoms with van der Waals surface area (Å²) < 4.78 is 0. The molecule has 0 aromatic rings. The van der Waals surface area contributed by atoms with Gasteiger partial charge < -0.3 is 19.9 Å². The van der Waals surface area contributed by atoms with E-state index in [0.29, 0.717) is 25.6 Å². The van der Waals surface area contributed by atoms with E-state index in [1.165, 1.54) is 0 Å². The Morgan fingerprint density at radius 3 is 2.20 bits per heavy atom. The highest BCUT2D eigenvalue weighted by Gasteiger charge is 2.24. The van der Waals surface area contributed by atoms with Gasteiger partial charge in [-0.1, -0.05) is 39.8 Å². The van der Waals surface area contributed by atoms with Gasteiger partial charge in [-0.3, -0.25) is 14.5 Å². The van der Waals surface area contributed by atoms with Crippen LogP contribution < -0.4 is 5.32 Å². The topological polar surface area (TPSA) is 73.0 Å². The summed E-state index contributed by atoms with van der Waals surface area (Å²) in [6.07, 6.45) is 6.86.